The van der Waals surface area contributed by atoms with Crippen LogP contribution in [0.5, 0.6) is 0 Å². The van der Waals surface area contributed by atoms with Gasteiger partial charge in [0, 0.05) is 18.8 Å². The van der Waals surface area contributed by atoms with Crippen molar-refractivity contribution >= 4 is 23.2 Å². The van der Waals surface area contributed by atoms with Crippen LogP contribution in [0.1, 0.15) is 29.2 Å². The number of thiazole rings is 1. The summed E-state index contributed by atoms with van der Waals surface area (Å²) in [5, 5.41) is 16.5. The lowest BCUT2D eigenvalue weighted by Gasteiger charge is -2.17. The van der Waals surface area contributed by atoms with Gasteiger partial charge in [-0.2, -0.15) is 5.10 Å². The molecular formula is C14H18N4O3S. The fraction of sp³-hybridized carbons (Fsp3) is 0.429. The highest BCUT2D eigenvalue weighted by Gasteiger charge is 2.26. The van der Waals surface area contributed by atoms with E-state index in [1.807, 2.05) is 6.20 Å². The van der Waals surface area contributed by atoms with Gasteiger partial charge < -0.3 is 10.4 Å². The Morgan fingerprint density at radius 3 is 2.59 bits per heavy atom. The van der Waals surface area contributed by atoms with Crippen molar-refractivity contribution in [2.45, 2.75) is 26.8 Å². The molecule has 1 amide bonds. The first-order valence-corrected chi connectivity index (χ1v) is 7.61. The van der Waals surface area contributed by atoms with Crippen LogP contribution in [0.15, 0.2) is 12.4 Å². The van der Waals surface area contributed by atoms with Crippen molar-refractivity contribution in [3.05, 3.63) is 23.0 Å². The third-order valence-electron chi connectivity index (χ3n) is 3.17. The zero-order valence-electron chi connectivity index (χ0n) is 12.8. The van der Waals surface area contributed by atoms with Crippen molar-refractivity contribution in [1.29, 1.82) is 0 Å². The highest BCUT2D eigenvalue weighted by molar-refractivity contribution is 7.17. The van der Waals surface area contributed by atoms with E-state index in [-0.39, 0.29) is 5.92 Å². The molecule has 0 fully saturated rings. The number of carbonyl (C=O) groups is 2. The van der Waals surface area contributed by atoms with E-state index < -0.39 is 17.9 Å². The van der Waals surface area contributed by atoms with Crippen molar-refractivity contribution in [3.8, 4) is 10.6 Å². The number of carboxylic acids is 1. The van der Waals surface area contributed by atoms with Gasteiger partial charge in [-0.05, 0) is 12.8 Å². The summed E-state index contributed by atoms with van der Waals surface area (Å²) < 4.78 is 1.66. The molecule has 0 radical (unpaired) electrons. The highest BCUT2D eigenvalue weighted by Crippen LogP contribution is 2.27. The fourth-order valence-electron chi connectivity index (χ4n) is 1.98. The minimum absolute atomic E-state index is 0.201. The van der Waals surface area contributed by atoms with E-state index >= 15 is 0 Å². The lowest BCUT2D eigenvalue weighted by atomic mass is 10.0. The number of hydrogen-bond acceptors (Lipinski definition) is 5. The minimum atomic E-state index is -1.04. The average molecular weight is 322 g/mol. The second-order valence-corrected chi connectivity index (χ2v) is 6.37. The van der Waals surface area contributed by atoms with E-state index in [1.54, 1.807) is 38.7 Å². The molecule has 2 aromatic heterocycles. The molecular weight excluding hydrogens is 304 g/mol. The number of hydrogen-bond donors (Lipinski definition) is 2. The molecule has 0 spiro atoms. The number of rotatable bonds is 5. The SMILES string of the molecule is Cc1nc(-c2cnn(C)c2)sc1C(=O)N[C@@H](C(=O)O)C(C)C. The van der Waals surface area contributed by atoms with E-state index in [4.69, 9.17) is 5.11 Å². The molecule has 2 rings (SSSR count). The molecule has 0 saturated carbocycles. The molecule has 0 aliphatic heterocycles. The minimum Gasteiger partial charge on any atom is -0.480 e. The first-order chi connectivity index (χ1) is 10.3. The van der Waals surface area contributed by atoms with Crippen LogP contribution < -0.4 is 5.32 Å². The predicted octanol–water partition coefficient (Wildman–Crippen LogP) is 1.69. The van der Waals surface area contributed by atoms with Crippen LogP contribution in [-0.2, 0) is 11.8 Å². The van der Waals surface area contributed by atoms with Crippen molar-refractivity contribution in [2.24, 2.45) is 13.0 Å². The maximum Gasteiger partial charge on any atom is 0.326 e. The maximum atomic E-state index is 12.3. The van der Waals surface area contributed by atoms with Crippen LogP contribution in [0.3, 0.4) is 0 Å². The van der Waals surface area contributed by atoms with Crippen molar-refractivity contribution < 1.29 is 14.7 Å². The summed E-state index contributed by atoms with van der Waals surface area (Å²) in [6.07, 6.45) is 3.49. The normalized spacial score (nSPS) is 12.4. The van der Waals surface area contributed by atoms with Crippen LogP contribution >= 0.6 is 11.3 Å². The van der Waals surface area contributed by atoms with E-state index in [2.05, 4.69) is 15.4 Å². The molecule has 1 atom stereocenters. The first-order valence-electron chi connectivity index (χ1n) is 6.79. The van der Waals surface area contributed by atoms with Gasteiger partial charge in [-0.15, -0.1) is 11.3 Å². The van der Waals surface area contributed by atoms with E-state index in [9.17, 15) is 9.59 Å². The van der Waals surface area contributed by atoms with Crippen LogP contribution in [0, 0.1) is 12.8 Å². The van der Waals surface area contributed by atoms with Gasteiger partial charge in [0.1, 0.15) is 15.9 Å². The Hall–Kier alpha value is -2.22. The first kappa shape index (κ1) is 16.2. The van der Waals surface area contributed by atoms with Crippen LogP contribution in [0.2, 0.25) is 0 Å². The molecule has 2 aromatic rings. The second-order valence-electron chi connectivity index (χ2n) is 5.37. The summed E-state index contributed by atoms with van der Waals surface area (Å²) in [4.78, 5) is 28.3. The molecule has 7 nitrogen and oxygen atoms in total. The summed E-state index contributed by atoms with van der Waals surface area (Å²) in [5.41, 5.74) is 1.41. The van der Waals surface area contributed by atoms with Gasteiger partial charge in [-0.1, -0.05) is 13.8 Å². The number of aryl methyl sites for hydroxylation is 2. The Kier molecular flexibility index (Phi) is 4.60. The maximum absolute atomic E-state index is 12.3. The van der Waals surface area contributed by atoms with Crippen molar-refractivity contribution in [2.75, 3.05) is 0 Å². The number of carboxylic acid groups (broad SMARTS) is 1. The predicted molar refractivity (Wildman–Crippen MR) is 82.8 cm³/mol. The van der Waals surface area contributed by atoms with Crippen LogP contribution in [-0.4, -0.2) is 37.8 Å². The summed E-state index contributed by atoms with van der Waals surface area (Å²) >= 11 is 1.23. The lowest BCUT2D eigenvalue weighted by Crippen LogP contribution is -2.44. The van der Waals surface area contributed by atoms with Gasteiger partial charge in [0.25, 0.3) is 5.91 Å². The quantitative estimate of drug-likeness (QED) is 0.873. The van der Waals surface area contributed by atoms with E-state index in [1.165, 1.54) is 11.3 Å². The molecule has 22 heavy (non-hydrogen) atoms. The Bertz CT molecular complexity index is 705. The zero-order valence-corrected chi connectivity index (χ0v) is 13.6. The molecule has 0 aromatic carbocycles. The van der Waals surface area contributed by atoms with Crippen molar-refractivity contribution in [3.63, 3.8) is 0 Å². The van der Waals surface area contributed by atoms with Crippen LogP contribution in [0.4, 0.5) is 0 Å². The second kappa shape index (κ2) is 6.27. The molecule has 2 N–H and O–H groups in total. The van der Waals surface area contributed by atoms with Gasteiger partial charge in [0.2, 0.25) is 0 Å². The third kappa shape index (κ3) is 3.33. The summed E-state index contributed by atoms with van der Waals surface area (Å²) in [7, 11) is 1.80. The Morgan fingerprint density at radius 1 is 1.41 bits per heavy atom. The largest absolute Gasteiger partial charge is 0.480 e. The van der Waals surface area contributed by atoms with E-state index in [0.29, 0.717) is 15.6 Å². The number of nitrogens with zero attached hydrogens (tertiary/aromatic N) is 3. The molecule has 0 aliphatic carbocycles. The number of carbonyl (C=O) groups excluding carboxylic acids is 1. The topological polar surface area (TPSA) is 97.1 Å². The summed E-state index contributed by atoms with van der Waals surface area (Å²) in [6, 6.07) is -0.921. The standard InChI is InChI=1S/C14H18N4O3S/c1-7(2)10(14(20)21)17-12(19)11-8(3)16-13(22-11)9-5-15-18(4)6-9/h5-7,10H,1-4H3,(H,17,19)(H,20,21)/t10-/m1/s1. The molecule has 0 unspecified atom stereocenters. The smallest absolute Gasteiger partial charge is 0.326 e. The number of amides is 1. The number of nitrogens with one attached hydrogen (secondary N) is 1. The Labute approximate surface area is 132 Å². The number of aromatic nitrogens is 3. The third-order valence-corrected chi connectivity index (χ3v) is 4.38. The zero-order chi connectivity index (χ0) is 16.4. The Morgan fingerprint density at radius 2 is 2.09 bits per heavy atom. The highest BCUT2D eigenvalue weighted by atomic mass is 32.1. The van der Waals surface area contributed by atoms with Crippen molar-refractivity contribution in [1.82, 2.24) is 20.1 Å². The molecule has 2 heterocycles. The lowest BCUT2D eigenvalue weighted by molar-refractivity contribution is -0.140. The fourth-order valence-corrected chi connectivity index (χ4v) is 2.93. The molecule has 8 heteroatoms. The average Bonchev–Trinajstić information content (AvgIpc) is 3.01. The monoisotopic (exact) mass is 322 g/mol. The van der Waals surface area contributed by atoms with Gasteiger partial charge in [-0.3, -0.25) is 9.48 Å². The van der Waals surface area contributed by atoms with Crippen LogP contribution in [0.25, 0.3) is 10.6 Å². The Balaban J connectivity index is 2.24. The molecule has 118 valence electrons. The molecule has 0 saturated heterocycles. The molecule has 0 aliphatic rings. The summed E-state index contributed by atoms with van der Waals surface area (Å²) in [6.45, 7) is 5.23. The molecule has 0 bridgehead atoms. The van der Waals surface area contributed by atoms with Gasteiger partial charge in [-0.25, -0.2) is 9.78 Å². The number of aliphatic carboxylic acids is 1. The van der Waals surface area contributed by atoms with Gasteiger partial charge in [0.15, 0.2) is 0 Å². The van der Waals surface area contributed by atoms with Gasteiger partial charge in [0.05, 0.1) is 11.9 Å². The summed E-state index contributed by atoms with van der Waals surface area (Å²) in [5.74, 6) is -1.66. The van der Waals surface area contributed by atoms with Gasteiger partial charge >= 0.3 is 5.97 Å². The van der Waals surface area contributed by atoms with E-state index in [0.717, 1.165) is 5.56 Å².